The van der Waals surface area contributed by atoms with Gasteiger partial charge in [0, 0.05) is 24.0 Å². The van der Waals surface area contributed by atoms with Gasteiger partial charge in [-0.15, -0.1) is 17.9 Å². The highest BCUT2D eigenvalue weighted by Crippen LogP contribution is 2.70. The molecule has 16 heavy (non-hydrogen) atoms. The van der Waals surface area contributed by atoms with E-state index in [9.17, 15) is 4.79 Å². The van der Waals surface area contributed by atoms with Crippen LogP contribution in [0.25, 0.3) is 0 Å². The Kier molecular flexibility index (Phi) is 4.54. The molecule has 0 aliphatic carbocycles. The summed E-state index contributed by atoms with van der Waals surface area (Å²) in [6, 6.07) is 5.63. The van der Waals surface area contributed by atoms with Crippen molar-refractivity contribution in [2.24, 2.45) is 5.92 Å². The Hall–Kier alpha value is 0.670. The number of fused-ring (bicyclic) bond motifs is 1. The lowest BCUT2D eigenvalue weighted by Gasteiger charge is -2.35. The predicted molar refractivity (Wildman–Crippen MR) is 82.0 cm³/mol. The van der Waals surface area contributed by atoms with Crippen molar-refractivity contribution in [3.05, 3.63) is 34.2 Å². The first-order chi connectivity index (χ1) is 7.63. The van der Waals surface area contributed by atoms with Gasteiger partial charge in [0.25, 0.3) is 5.56 Å². The lowest BCUT2D eigenvalue weighted by Crippen LogP contribution is -2.36. The number of pyridine rings is 1. The highest BCUT2D eigenvalue weighted by molar-refractivity contribution is 8.61. The lowest BCUT2D eigenvalue weighted by molar-refractivity contribution is 0.417. The zero-order chi connectivity index (χ0) is 11.7. The van der Waals surface area contributed by atoms with E-state index < -0.39 is 0 Å². The number of aromatic nitrogens is 1. The molecule has 0 spiro atoms. The molecule has 0 radical (unpaired) electrons. The highest BCUT2D eigenvalue weighted by Gasteiger charge is 2.29. The largest absolute Gasteiger partial charge is 0.312 e. The summed E-state index contributed by atoms with van der Waals surface area (Å²) in [6.07, 6.45) is 1.04. The van der Waals surface area contributed by atoms with Crippen LogP contribution < -0.4 is 5.56 Å². The first-order valence-electron chi connectivity index (χ1n) is 5.32. The summed E-state index contributed by atoms with van der Waals surface area (Å²) >= 11 is 0. The van der Waals surface area contributed by atoms with Crippen molar-refractivity contribution >= 4 is 33.1 Å². The van der Waals surface area contributed by atoms with Crippen LogP contribution in [0.4, 0.5) is 0 Å². The molecule has 0 fully saturated rings. The molecule has 1 aromatic heterocycles. The SMILES string of the molecule is CC1Cc2cccc(=O)n2CC1P(P)PP. The lowest BCUT2D eigenvalue weighted by atomic mass is 9.96. The van der Waals surface area contributed by atoms with Gasteiger partial charge < -0.3 is 4.57 Å². The average Bonchev–Trinajstić information content (AvgIpc) is 2.28. The maximum Gasteiger partial charge on any atom is 0.250 e. The van der Waals surface area contributed by atoms with Gasteiger partial charge in [-0.3, -0.25) is 4.79 Å². The van der Waals surface area contributed by atoms with E-state index in [1.807, 2.05) is 10.6 Å². The van der Waals surface area contributed by atoms with Crippen molar-refractivity contribution in [2.75, 3.05) is 0 Å². The third-order valence-electron chi connectivity index (χ3n) is 3.20. The van der Waals surface area contributed by atoms with Crippen molar-refractivity contribution in [1.82, 2.24) is 4.57 Å². The monoisotopic (exact) mass is 291 g/mol. The van der Waals surface area contributed by atoms with Gasteiger partial charge >= 0.3 is 0 Å². The molecule has 1 aromatic rings. The summed E-state index contributed by atoms with van der Waals surface area (Å²) in [7, 11) is 6.74. The predicted octanol–water partition coefficient (Wildman–Crippen LogP) is 3.06. The molecule has 6 heteroatoms. The first-order valence-corrected chi connectivity index (χ1v) is 12.0. The second-order valence-corrected chi connectivity index (χ2v) is 13.9. The van der Waals surface area contributed by atoms with Crippen LogP contribution in [-0.4, -0.2) is 10.2 Å². The Morgan fingerprint density at radius 3 is 3.00 bits per heavy atom. The number of rotatable bonds is 2. The topological polar surface area (TPSA) is 22.0 Å². The van der Waals surface area contributed by atoms with Crippen LogP contribution in [0.3, 0.4) is 0 Å². The van der Waals surface area contributed by atoms with Gasteiger partial charge in [0.05, 0.1) is 0 Å². The molecule has 2 nitrogen and oxygen atoms in total. The molecule has 1 aliphatic rings. The van der Waals surface area contributed by atoms with Gasteiger partial charge in [0.2, 0.25) is 0 Å². The fourth-order valence-corrected chi connectivity index (χ4v) is 7.89. The van der Waals surface area contributed by atoms with E-state index in [0.717, 1.165) is 20.9 Å². The van der Waals surface area contributed by atoms with Crippen molar-refractivity contribution in [2.45, 2.75) is 25.5 Å². The minimum atomic E-state index is -0.0250. The smallest absolute Gasteiger partial charge is 0.250 e. The van der Waals surface area contributed by atoms with E-state index in [1.165, 1.54) is 5.69 Å². The Bertz CT molecular complexity index is 433. The molecule has 0 amide bonds. The summed E-state index contributed by atoms with van der Waals surface area (Å²) in [6.45, 7) is 3.22. The number of nitrogens with zero attached hydrogens (tertiary/aromatic N) is 1. The normalized spacial score (nSPS) is 26.9. The van der Waals surface area contributed by atoms with Crippen LogP contribution >= 0.6 is 33.1 Å². The van der Waals surface area contributed by atoms with Crippen LogP contribution in [0, 0.1) is 5.92 Å². The Balaban J connectivity index is 2.33. The maximum atomic E-state index is 11.8. The Morgan fingerprint density at radius 1 is 1.56 bits per heavy atom. The van der Waals surface area contributed by atoms with Crippen molar-refractivity contribution in [1.29, 1.82) is 0 Å². The third-order valence-corrected chi connectivity index (χ3v) is 14.6. The summed E-state index contributed by atoms with van der Waals surface area (Å²) < 4.78 is 1.97. The van der Waals surface area contributed by atoms with Crippen molar-refractivity contribution in [3.63, 3.8) is 0 Å². The van der Waals surface area contributed by atoms with Gasteiger partial charge in [0.1, 0.15) is 0 Å². The van der Waals surface area contributed by atoms with E-state index in [0.29, 0.717) is 11.6 Å². The van der Waals surface area contributed by atoms with Gasteiger partial charge in [-0.05, 0) is 18.4 Å². The minimum Gasteiger partial charge on any atom is -0.312 e. The zero-order valence-corrected chi connectivity index (χ0v) is 13.5. The molecule has 0 aromatic carbocycles. The molecule has 88 valence electrons. The van der Waals surface area contributed by atoms with E-state index >= 15 is 0 Å². The van der Waals surface area contributed by atoms with Crippen molar-refractivity contribution < 1.29 is 0 Å². The number of hydrogen-bond acceptors (Lipinski definition) is 1. The molecule has 6 atom stereocenters. The van der Waals surface area contributed by atoms with Crippen LogP contribution in [-0.2, 0) is 13.0 Å². The van der Waals surface area contributed by atoms with Gasteiger partial charge in [0.15, 0.2) is 0 Å². The molecule has 0 saturated carbocycles. The summed E-state index contributed by atoms with van der Waals surface area (Å²) in [4.78, 5) is 11.8. The second kappa shape index (κ2) is 5.54. The second-order valence-electron chi connectivity index (χ2n) is 4.25. The van der Waals surface area contributed by atoms with Crippen molar-refractivity contribution in [3.8, 4) is 0 Å². The molecule has 0 saturated heterocycles. The van der Waals surface area contributed by atoms with Crippen LogP contribution in [0.2, 0.25) is 0 Å². The van der Waals surface area contributed by atoms with E-state index in [2.05, 4.69) is 30.8 Å². The molecule has 0 N–H and O–H groups in total. The molecule has 0 bridgehead atoms. The van der Waals surface area contributed by atoms with E-state index in [1.54, 1.807) is 6.07 Å². The van der Waals surface area contributed by atoms with Crippen LogP contribution in [0.15, 0.2) is 23.0 Å². The third kappa shape index (κ3) is 2.57. The van der Waals surface area contributed by atoms with Crippen LogP contribution in [0.5, 0.6) is 0 Å². The fourth-order valence-electron chi connectivity index (χ4n) is 2.24. The fraction of sp³-hybridized carbons (Fsp3) is 0.500. The van der Waals surface area contributed by atoms with Gasteiger partial charge in [-0.2, -0.15) is 0 Å². The van der Waals surface area contributed by atoms with Crippen LogP contribution in [0.1, 0.15) is 12.6 Å². The molecular weight excluding hydrogens is 274 g/mol. The maximum absolute atomic E-state index is 11.8. The van der Waals surface area contributed by atoms with Gasteiger partial charge in [-0.1, -0.05) is 28.2 Å². The Labute approximate surface area is 104 Å². The minimum absolute atomic E-state index is 0.0250. The van der Waals surface area contributed by atoms with Gasteiger partial charge in [-0.25, -0.2) is 0 Å². The summed E-state index contributed by atoms with van der Waals surface area (Å²) in [5, 5.41) is 0. The van der Waals surface area contributed by atoms with E-state index in [4.69, 9.17) is 0 Å². The Morgan fingerprint density at radius 2 is 2.31 bits per heavy atom. The molecule has 1 aliphatic heterocycles. The zero-order valence-electron chi connectivity index (χ0n) is 9.26. The molecule has 2 rings (SSSR count). The highest BCUT2D eigenvalue weighted by atomic mass is 32.6. The molecule has 6 unspecified atom stereocenters. The average molecular weight is 291 g/mol. The first kappa shape index (κ1) is 13.1. The standard InChI is InChI=1S/C10H17NOP4/c1-7-5-8-3-2-4-10(12)11(8)6-9(7)16(14)15-13/h2-4,7,9,15H,5-6,13-14H2,1H3. The number of hydrogen-bond donors (Lipinski definition) is 0. The quantitative estimate of drug-likeness (QED) is 0.768. The molecular formula is C10H17NOP4. The molecule has 2 heterocycles. The summed E-state index contributed by atoms with van der Waals surface area (Å²) in [5.74, 6) is 0.693. The summed E-state index contributed by atoms with van der Waals surface area (Å²) in [5.41, 5.74) is 2.04. The van der Waals surface area contributed by atoms with E-state index in [-0.39, 0.29) is 12.9 Å².